The summed E-state index contributed by atoms with van der Waals surface area (Å²) >= 11 is 12.0. The van der Waals surface area contributed by atoms with Crippen LogP contribution >= 0.6 is 23.2 Å². The van der Waals surface area contributed by atoms with Gasteiger partial charge in [0.25, 0.3) is 5.91 Å². The number of nitrogens with one attached hydrogen (secondary N) is 1. The van der Waals surface area contributed by atoms with Crippen LogP contribution in [0.5, 0.6) is 0 Å². The molecule has 2 aromatic rings. The minimum Gasteiger partial charge on any atom is -0.458 e. The van der Waals surface area contributed by atoms with Crippen LogP contribution in [0.3, 0.4) is 0 Å². The van der Waals surface area contributed by atoms with Gasteiger partial charge in [0, 0.05) is 27.6 Å². The number of rotatable bonds is 12. The Kier molecular flexibility index (Phi) is 11.1. The second-order valence-corrected chi connectivity index (χ2v) is 11.7. The van der Waals surface area contributed by atoms with Gasteiger partial charge in [-0.2, -0.15) is 0 Å². The third-order valence-corrected chi connectivity index (χ3v) is 6.54. The van der Waals surface area contributed by atoms with Crippen LogP contribution in [0.15, 0.2) is 48.5 Å². The number of halogens is 2. The average Bonchev–Trinajstić information content (AvgIpc) is 2.76. The monoisotopic (exact) mass is 519 g/mol. The largest absolute Gasteiger partial charge is 0.458 e. The highest BCUT2D eigenvalue weighted by molar-refractivity contribution is 6.31. The zero-order valence-corrected chi connectivity index (χ0v) is 23.2. The highest BCUT2D eigenvalue weighted by Crippen LogP contribution is 2.41. The first-order chi connectivity index (χ1) is 16.4. The lowest BCUT2D eigenvalue weighted by molar-refractivity contribution is -0.0442. The molecule has 0 aromatic heterocycles. The number of carbonyl (C=O) groups excluding carboxylic acids is 2. The predicted octanol–water partition coefficient (Wildman–Crippen LogP) is 8.07. The molecule has 0 aliphatic rings. The van der Waals surface area contributed by atoms with E-state index in [1.165, 1.54) is 0 Å². The van der Waals surface area contributed by atoms with Crippen LogP contribution in [0.25, 0.3) is 0 Å². The van der Waals surface area contributed by atoms with E-state index in [-0.39, 0.29) is 18.0 Å². The lowest BCUT2D eigenvalue weighted by atomic mass is 9.68. The summed E-state index contributed by atoms with van der Waals surface area (Å²) in [6.45, 7) is 13.4. The Balaban J connectivity index is 2.40. The normalized spacial score (nSPS) is 12.8. The van der Waals surface area contributed by atoms with Crippen molar-refractivity contribution in [3.63, 3.8) is 0 Å². The first-order valence-corrected chi connectivity index (χ1v) is 13.2. The number of ether oxygens (including phenoxy) is 1. The Bertz CT molecular complexity index is 943. The van der Waals surface area contributed by atoms with E-state index in [1.54, 1.807) is 48.5 Å². The molecule has 1 unspecified atom stereocenters. The second-order valence-electron chi connectivity index (χ2n) is 10.8. The molecule has 0 bridgehead atoms. The number of hydrogen-bond acceptors (Lipinski definition) is 3. The van der Waals surface area contributed by atoms with E-state index in [4.69, 9.17) is 27.9 Å². The molecule has 0 aliphatic heterocycles. The third-order valence-electron chi connectivity index (χ3n) is 6.03. The minimum atomic E-state index is -0.420. The number of hydrogen-bond donors (Lipinski definition) is 1. The summed E-state index contributed by atoms with van der Waals surface area (Å²) in [4.78, 5) is 26.2. The maximum Gasteiger partial charge on any atom is 0.338 e. The molecule has 0 radical (unpaired) electrons. The van der Waals surface area contributed by atoms with Crippen LogP contribution in [-0.4, -0.2) is 24.5 Å². The maximum atomic E-state index is 13.2. The molecule has 1 amide bonds. The molecule has 0 spiro atoms. The predicted molar refractivity (Wildman–Crippen MR) is 145 cm³/mol. The minimum absolute atomic E-state index is 0.161. The van der Waals surface area contributed by atoms with Gasteiger partial charge >= 0.3 is 5.97 Å². The van der Waals surface area contributed by atoms with Crippen LogP contribution in [0.1, 0.15) is 81.5 Å². The van der Waals surface area contributed by atoms with Crippen molar-refractivity contribution >= 4 is 35.1 Å². The third kappa shape index (κ3) is 9.16. The highest BCUT2D eigenvalue weighted by atomic mass is 35.5. The fraction of sp³-hybridized carbons (Fsp3) is 0.517. The van der Waals surface area contributed by atoms with E-state index in [1.807, 2.05) is 0 Å². The van der Waals surface area contributed by atoms with E-state index in [0.29, 0.717) is 51.9 Å². The van der Waals surface area contributed by atoms with E-state index in [2.05, 4.69) is 46.9 Å². The molecular formula is C29H39Cl2NO3. The molecule has 0 saturated carbocycles. The Morgan fingerprint density at radius 2 is 1.23 bits per heavy atom. The second kappa shape index (κ2) is 13.3. The SMILES string of the molecule is CC(C)CC(OC(=O)c1ccc(Cl)cc1)C(CNC(=O)c1ccc(Cl)cc1)(CC(C)C)CC(C)C. The summed E-state index contributed by atoms with van der Waals surface area (Å²) in [7, 11) is 0. The molecule has 2 rings (SSSR count). The molecule has 1 atom stereocenters. The number of carbonyl (C=O) groups is 2. The molecule has 4 nitrogen and oxygen atoms in total. The average molecular weight is 521 g/mol. The molecule has 0 fully saturated rings. The first kappa shape index (κ1) is 29.2. The van der Waals surface area contributed by atoms with E-state index >= 15 is 0 Å². The summed E-state index contributed by atoms with van der Waals surface area (Å²) < 4.78 is 6.26. The van der Waals surface area contributed by atoms with Gasteiger partial charge in [-0.3, -0.25) is 4.79 Å². The fourth-order valence-corrected chi connectivity index (χ4v) is 5.08. The number of benzene rings is 2. The summed E-state index contributed by atoms with van der Waals surface area (Å²) in [5.74, 6) is 0.484. The van der Waals surface area contributed by atoms with Gasteiger partial charge in [0.15, 0.2) is 0 Å². The van der Waals surface area contributed by atoms with Gasteiger partial charge in [0.2, 0.25) is 0 Å². The molecule has 0 saturated heterocycles. The number of amides is 1. The Morgan fingerprint density at radius 1 is 0.771 bits per heavy atom. The van der Waals surface area contributed by atoms with Gasteiger partial charge in [-0.25, -0.2) is 4.79 Å². The Morgan fingerprint density at radius 3 is 1.66 bits per heavy atom. The lowest BCUT2D eigenvalue weighted by Crippen LogP contribution is -2.49. The van der Waals surface area contributed by atoms with Crippen molar-refractivity contribution in [2.75, 3.05) is 6.54 Å². The Hall–Kier alpha value is -2.04. The standard InChI is InChI=1S/C29H39Cl2NO3/c1-19(2)15-26(35-28(34)23-9-13-25(31)14-10-23)29(16-20(3)4,17-21(5)6)18-32-27(33)22-7-11-24(30)12-8-22/h7-14,19-21,26H,15-18H2,1-6H3,(H,32,33). The van der Waals surface area contributed by atoms with Crippen LogP contribution in [0.4, 0.5) is 0 Å². The first-order valence-electron chi connectivity index (χ1n) is 12.4. The smallest absolute Gasteiger partial charge is 0.338 e. The van der Waals surface area contributed by atoms with Gasteiger partial charge in [-0.1, -0.05) is 64.7 Å². The summed E-state index contributed by atoms with van der Waals surface area (Å²) in [5.41, 5.74) is 0.601. The van der Waals surface area contributed by atoms with Crippen LogP contribution in [0.2, 0.25) is 10.0 Å². The van der Waals surface area contributed by atoms with Crippen molar-refractivity contribution in [2.45, 2.75) is 66.9 Å². The molecule has 35 heavy (non-hydrogen) atoms. The molecule has 2 aromatic carbocycles. The molecule has 0 heterocycles. The topological polar surface area (TPSA) is 55.4 Å². The van der Waals surface area contributed by atoms with Gasteiger partial charge < -0.3 is 10.1 Å². The van der Waals surface area contributed by atoms with Crippen molar-refractivity contribution in [1.29, 1.82) is 0 Å². The van der Waals surface area contributed by atoms with Crippen molar-refractivity contribution in [3.8, 4) is 0 Å². The van der Waals surface area contributed by atoms with E-state index < -0.39 is 5.41 Å². The van der Waals surface area contributed by atoms with Crippen LogP contribution in [0, 0.1) is 23.2 Å². The Labute approximate surface area is 220 Å². The zero-order valence-electron chi connectivity index (χ0n) is 21.7. The fourth-order valence-electron chi connectivity index (χ4n) is 4.82. The number of esters is 1. The van der Waals surface area contributed by atoms with Crippen molar-refractivity contribution in [3.05, 3.63) is 69.7 Å². The lowest BCUT2D eigenvalue weighted by Gasteiger charge is -2.43. The van der Waals surface area contributed by atoms with Crippen molar-refractivity contribution in [1.82, 2.24) is 5.32 Å². The molecule has 192 valence electrons. The summed E-state index contributed by atoms with van der Waals surface area (Å²) in [6.07, 6.45) is 1.98. The quantitative estimate of drug-likeness (QED) is 0.288. The van der Waals surface area contributed by atoms with Crippen LogP contribution < -0.4 is 5.32 Å². The van der Waals surface area contributed by atoms with E-state index in [9.17, 15) is 9.59 Å². The molecular weight excluding hydrogens is 481 g/mol. The van der Waals surface area contributed by atoms with Gasteiger partial charge in [-0.15, -0.1) is 0 Å². The van der Waals surface area contributed by atoms with E-state index in [0.717, 1.165) is 12.8 Å². The van der Waals surface area contributed by atoms with Crippen LogP contribution in [-0.2, 0) is 4.74 Å². The summed E-state index contributed by atoms with van der Waals surface area (Å²) in [5, 5.41) is 4.31. The summed E-state index contributed by atoms with van der Waals surface area (Å²) in [6, 6.07) is 13.6. The molecule has 0 aliphatic carbocycles. The maximum absolute atomic E-state index is 13.2. The van der Waals surface area contributed by atoms with Gasteiger partial charge in [-0.05, 0) is 85.5 Å². The zero-order chi connectivity index (χ0) is 26.2. The molecule has 6 heteroatoms. The van der Waals surface area contributed by atoms with Gasteiger partial charge in [0.05, 0.1) is 5.56 Å². The van der Waals surface area contributed by atoms with Crippen molar-refractivity contribution in [2.24, 2.45) is 23.2 Å². The molecule has 1 N–H and O–H groups in total. The van der Waals surface area contributed by atoms with Crippen molar-refractivity contribution < 1.29 is 14.3 Å². The highest BCUT2D eigenvalue weighted by Gasteiger charge is 2.43. The van der Waals surface area contributed by atoms with Gasteiger partial charge in [0.1, 0.15) is 6.10 Å².